The predicted molar refractivity (Wildman–Crippen MR) is 117 cm³/mol. The molecule has 0 radical (unpaired) electrons. The molecule has 3 unspecified atom stereocenters. The number of β-amino-alcohol motifs (C(OH)–C–C–N with tert-alkyl or cyclic N) is 1. The fourth-order valence-electron chi connectivity index (χ4n) is 4.08. The van der Waals surface area contributed by atoms with Crippen molar-refractivity contribution < 1.29 is 14.3 Å². The van der Waals surface area contributed by atoms with Crippen LogP contribution >= 0.6 is 12.4 Å². The highest BCUT2D eigenvalue weighted by molar-refractivity contribution is 5.93. The van der Waals surface area contributed by atoms with Gasteiger partial charge in [-0.25, -0.2) is 4.39 Å². The molecule has 29 heavy (non-hydrogen) atoms. The van der Waals surface area contributed by atoms with Crippen LogP contribution in [0.1, 0.15) is 38.4 Å². The van der Waals surface area contributed by atoms with Crippen LogP contribution in [-0.4, -0.2) is 41.6 Å². The van der Waals surface area contributed by atoms with Gasteiger partial charge in [-0.2, -0.15) is 0 Å². The fourth-order valence-corrected chi connectivity index (χ4v) is 4.08. The molecule has 2 aromatic rings. The van der Waals surface area contributed by atoms with Gasteiger partial charge in [-0.05, 0) is 42.2 Å². The maximum Gasteiger partial charge on any atom is 0.226 e. The first kappa shape index (κ1) is 23.3. The molecule has 3 atom stereocenters. The van der Waals surface area contributed by atoms with Crippen molar-refractivity contribution in [1.82, 2.24) is 4.90 Å². The van der Waals surface area contributed by atoms with Crippen LogP contribution in [0.5, 0.6) is 0 Å². The Morgan fingerprint density at radius 1 is 1.21 bits per heavy atom. The van der Waals surface area contributed by atoms with Crippen molar-refractivity contribution in [3.63, 3.8) is 0 Å². The molecule has 1 aliphatic heterocycles. The Balaban J connectivity index is 0.00000300. The number of anilines is 1. The van der Waals surface area contributed by atoms with E-state index in [0.717, 1.165) is 30.8 Å². The van der Waals surface area contributed by atoms with Crippen LogP contribution < -0.4 is 4.90 Å². The number of amides is 1. The second kappa shape index (κ2) is 10.7. The predicted octanol–water partition coefficient (Wildman–Crippen LogP) is 4.43. The first-order valence-corrected chi connectivity index (χ1v) is 10.0. The van der Waals surface area contributed by atoms with E-state index in [-0.39, 0.29) is 36.1 Å². The number of piperidine rings is 1. The highest BCUT2D eigenvalue weighted by Gasteiger charge is 2.34. The number of halogens is 2. The molecule has 0 spiro atoms. The Morgan fingerprint density at radius 3 is 2.45 bits per heavy atom. The standard InChI is InChI=1S/C23H29FN2O2.ClH/c1-3-23(28)26(20-7-5-4-6-8-20)21-13-14-25(15-17(21)2)16-22(27)18-9-11-19(24)12-10-18;/h4-12,17,21-22,27H,3,13-16H2,1-2H3;1H. The molecule has 3 rings (SSSR count). The van der Waals surface area contributed by atoms with Crippen molar-refractivity contribution in [2.75, 3.05) is 24.5 Å². The molecule has 1 N–H and O–H groups in total. The van der Waals surface area contributed by atoms with E-state index in [1.165, 1.54) is 12.1 Å². The van der Waals surface area contributed by atoms with Gasteiger partial charge >= 0.3 is 0 Å². The zero-order valence-corrected chi connectivity index (χ0v) is 17.8. The van der Waals surface area contributed by atoms with Gasteiger partial charge in [0, 0.05) is 37.8 Å². The van der Waals surface area contributed by atoms with Gasteiger partial charge < -0.3 is 10.0 Å². The molecule has 1 aliphatic rings. The van der Waals surface area contributed by atoms with Gasteiger partial charge in [0.25, 0.3) is 0 Å². The molecular weight excluding hydrogens is 391 g/mol. The third-order valence-corrected chi connectivity index (χ3v) is 5.57. The van der Waals surface area contributed by atoms with Crippen LogP contribution in [-0.2, 0) is 4.79 Å². The summed E-state index contributed by atoms with van der Waals surface area (Å²) in [5.41, 5.74) is 1.68. The van der Waals surface area contributed by atoms with Crippen molar-refractivity contribution in [2.24, 2.45) is 5.92 Å². The largest absolute Gasteiger partial charge is 0.387 e. The van der Waals surface area contributed by atoms with Crippen LogP contribution in [0, 0.1) is 11.7 Å². The van der Waals surface area contributed by atoms with Crippen molar-refractivity contribution in [3.8, 4) is 0 Å². The van der Waals surface area contributed by atoms with Crippen LogP contribution in [0.4, 0.5) is 10.1 Å². The zero-order valence-electron chi connectivity index (χ0n) is 17.0. The number of likely N-dealkylation sites (tertiary alicyclic amines) is 1. The first-order chi connectivity index (χ1) is 13.5. The van der Waals surface area contributed by atoms with Gasteiger partial charge in [-0.1, -0.05) is 44.2 Å². The van der Waals surface area contributed by atoms with Gasteiger partial charge in [0.15, 0.2) is 0 Å². The summed E-state index contributed by atoms with van der Waals surface area (Å²) in [4.78, 5) is 16.9. The molecule has 6 heteroatoms. The SMILES string of the molecule is CCC(=O)N(c1ccccc1)C1CCN(CC(O)c2ccc(F)cc2)CC1C.Cl. The lowest BCUT2D eigenvalue weighted by Crippen LogP contribution is -2.52. The Morgan fingerprint density at radius 2 is 1.86 bits per heavy atom. The molecule has 1 amide bonds. The summed E-state index contributed by atoms with van der Waals surface area (Å²) >= 11 is 0. The number of para-hydroxylation sites is 1. The van der Waals surface area contributed by atoms with Crippen LogP contribution in [0.15, 0.2) is 54.6 Å². The quantitative estimate of drug-likeness (QED) is 0.751. The average Bonchev–Trinajstić information content (AvgIpc) is 2.71. The number of aliphatic hydroxyl groups is 1. The fraction of sp³-hybridized carbons (Fsp3) is 0.435. The molecule has 0 bridgehead atoms. The van der Waals surface area contributed by atoms with E-state index in [9.17, 15) is 14.3 Å². The molecule has 4 nitrogen and oxygen atoms in total. The molecule has 0 aromatic heterocycles. The first-order valence-electron chi connectivity index (χ1n) is 10.0. The number of hydrogen-bond donors (Lipinski definition) is 1. The normalized spacial score (nSPS) is 20.6. The van der Waals surface area contributed by atoms with Crippen molar-refractivity contribution in [2.45, 2.75) is 38.8 Å². The third-order valence-electron chi connectivity index (χ3n) is 5.57. The Hall–Kier alpha value is -1.95. The van der Waals surface area contributed by atoms with Crippen molar-refractivity contribution in [3.05, 3.63) is 66.0 Å². The second-order valence-electron chi connectivity index (χ2n) is 7.61. The molecule has 0 saturated carbocycles. The molecule has 1 fully saturated rings. The minimum Gasteiger partial charge on any atom is -0.387 e. The van der Waals surface area contributed by atoms with E-state index >= 15 is 0 Å². The number of hydrogen-bond acceptors (Lipinski definition) is 3. The van der Waals surface area contributed by atoms with E-state index in [2.05, 4.69) is 11.8 Å². The summed E-state index contributed by atoms with van der Waals surface area (Å²) in [6.45, 7) is 6.20. The maximum absolute atomic E-state index is 13.1. The second-order valence-corrected chi connectivity index (χ2v) is 7.61. The minimum absolute atomic E-state index is 0. The Labute approximate surface area is 178 Å². The number of rotatable bonds is 6. The van der Waals surface area contributed by atoms with E-state index in [1.54, 1.807) is 12.1 Å². The highest BCUT2D eigenvalue weighted by atomic mass is 35.5. The lowest BCUT2D eigenvalue weighted by atomic mass is 9.91. The Kier molecular flexibility index (Phi) is 8.62. The van der Waals surface area contributed by atoms with Crippen LogP contribution in [0.3, 0.4) is 0 Å². The summed E-state index contributed by atoms with van der Waals surface area (Å²) in [6.07, 6.45) is 0.690. The lowest BCUT2D eigenvalue weighted by Gasteiger charge is -2.43. The summed E-state index contributed by atoms with van der Waals surface area (Å²) in [6, 6.07) is 16.0. The Bertz CT molecular complexity index is 772. The summed E-state index contributed by atoms with van der Waals surface area (Å²) in [5, 5.41) is 10.5. The molecule has 0 aliphatic carbocycles. The smallest absolute Gasteiger partial charge is 0.226 e. The molecule has 1 heterocycles. The number of nitrogens with zero attached hydrogens (tertiary/aromatic N) is 2. The van der Waals surface area contributed by atoms with E-state index in [4.69, 9.17) is 0 Å². The van der Waals surface area contributed by atoms with Gasteiger partial charge in [0.2, 0.25) is 5.91 Å². The molecule has 2 aromatic carbocycles. The van der Waals surface area contributed by atoms with Gasteiger partial charge in [0.05, 0.1) is 6.10 Å². The van der Waals surface area contributed by atoms with E-state index in [0.29, 0.717) is 13.0 Å². The monoisotopic (exact) mass is 420 g/mol. The van der Waals surface area contributed by atoms with Crippen LogP contribution in [0.25, 0.3) is 0 Å². The lowest BCUT2D eigenvalue weighted by molar-refractivity contribution is -0.119. The van der Waals surface area contributed by atoms with Crippen molar-refractivity contribution in [1.29, 1.82) is 0 Å². The number of benzene rings is 2. The number of aliphatic hydroxyl groups excluding tert-OH is 1. The average molecular weight is 421 g/mol. The van der Waals surface area contributed by atoms with Gasteiger partial charge in [-0.15, -0.1) is 12.4 Å². The van der Waals surface area contributed by atoms with Gasteiger partial charge in [0.1, 0.15) is 5.82 Å². The molecular formula is C23H30ClFN2O2. The van der Waals surface area contributed by atoms with Gasteiger partial charge in [-0.3, -0.25) is 9.69 Å². The summed E-state index contributed by atoms with van der Waals surface area (Å²) in [5.74, 6) is 0.125. The highest BCUT2D eigenvalue weighted by Crippen LogP contribution is 2.29. The topological polar surface area (TPSA) is 43.8 Å². The molecule has 158 valence electrons. The zero-order chi connectivity index (χ0) is 20.1. The van der Waals surface area contributed by atoms with E-state index in [1.807, 2.05) is 42.2 Å². The molecule has 1 saturated heterocycles. The maximum atomic E-state index is 13.1. The third kappa shape index (κ3) is 5.78. The number of carbonyl (C=O) groups is 1. The van der Waals surface area contributed by atoms with Crippen molar-refractivity contribution >= 4 is 24.0 Å². The van der Waals surface area contributed by atoms with E-state index < -0.39 is 6.10 Å². The summed E-state index contributed by atoms with van der Waals surface area (Å²) < 4.78 is 13.1. The summed E-state index contributed by atoms with van der Waals surface area (Å²) in [7, 11) is 0. The number of carbonyl (C=O) groups excluding carboxylic acids is 1. The minimum atomic E-state index is -0.646. The van der Waals surface area contributed by atoms with Crippen LogP contribution in [0.2, 0.25) is 0 Å².